The van der Waals surface area contributed by atoms with Crippen LogP contribution in [0.5, 0.6) is 0 Å². The van der Waals surface area contributed by atoms with Gasteiger partial charge in [0.2, 0.25) is 0 Å². The molecule has 3 saturated carbocycles. The fourth-order valence-electron chi connectivity index (χ4n) is 7.20. The molecule has 0 saturated heterocycles. The summed E-state index contributed by atoms with van der Waals surface area (Å²) in [5.41, 5.74) is 1.89. The molecule has 0 bridgehead atoms. The molecule has 23 heavy (non-hydrogen) atoms. The smallest absolute Gasteiger partial charge is 0.0587 e. The van der Waals surface area contributed by atoms with Crippen LogP contribution in [-0.2, 0) is 0 Å². The topological polar surface area (TPSA) is 40.5 Å². The zero-order chi connectivity index (χ0) is 16.2. The zero-order valence-electron chi connectivity index (χ0n) is 14.7. The van der Waals surface area contributed by atoms with Gasteiger partial charge in [0.25, 0.3) is 0 Å². The predicted octanol–water partition coefficient (Wildman–Crippen LogP) is 4.08. The first-order valence-electron chi connectivity index (χ1n) is 9.67. The third-order valence-electron chi connectivity index (χ3n) is 8.22. The van der Waals surface area contributed by atoms with Crippen LogP contribution in [0.3, 0.4) is 0 Å². The third kappa shape index (κ3) is 2.14. The van der Waals surface area contributed by atoms with Gasteiger partial charge < -0.3 is 10.2 Å². The highest BCUT2D eigenvalue weighted by Crippen LogP contribution is 2.66. The number of allylic oxidation sites excluding steroid dienone is 4. The molecule has 7 atom stereocenters. The number of hydrogen-bond donors (Lipinski definition) is 2. The molecule has 0 spiro atoms. The molecule has 0 aliphatic heterocycles. The average Bonchev–Trinajstić information content (AvgIpc) is 2.83. The molecule has 0 radical (unpaired) electrons. The van der Waals surface area contributed by atoms with Crippen LogP contribution in [0.1, 0.15) is 58.8 Å². The van der Waals surface area contributed by atoms with E-state index in [0.29, 0.717) is 24.4 Å². The first-order chi connectivity index (χ1) is 11.0. The van der Waals surface area contributed by atoms with Crippen LogP contribution < -0.4 is 0 Å². The van der Waals surface area contributed by atoms with Gasteiger partial charge in [-0.3, -0.25) is 0 Å². The van der Waals surface area contributed by atoms with E-state index in [2.05, 4.69) is 32.1 Å². The lowest BCUT2D eigenvalue weighted by Crippen LogP contribution is -2.55. The molecule has 0 aromatic heterocycles. The lowest BCUT2D eigenvalue weighted by atomic mass is 9.47. The van der Waals surface area contributed by atoms with Crippen LogP contribution in [-0.4, -0.2) is 22.9 Å². The Labute approximate surface area is 140 Å². The highest BCUT2D eigenvalue weighted by atomic mass is 16.3. The third-order valence-corrected chi connectivity index (χ3v) is 8.22. The monoisotopic (exact) mass is 316 g/mol. The normalized spacial score (nSPS) is 51.7. The van der Waals surface area contributed by atoms with Gasteiger partial charge in [-0.15, -0.1) is 0 Å². The van der Waals surface area contributed by atoms with Crippen molar-refractivity contribution in [2.24, 2.45) is 34.5 Å². The summed E-state index contributed by atoms with van der Waals surface area (Å²) in [7, 11) is 0. The van der Waals surface area contributed by atoms with Crippen molar-refractivity contribution < 1.29 is 10.2 Å². The Bertz CT molecular complexity index is 536. The number of fused-ring (bicyclic) bond motifs is 5. The fraction of sp³-hybridized carbons (Fsp3) is 0.810. The van der Waals surface area contributed by atoms with Gasteiger partial charge in [0.05, 0.1) is 6.10 Å². The minimum Gasteiger partial charge on any atom is -0.396 e. The van der Waals surface area contributed by atoms with Crippen molar-refractivity contribution in [3.63, 3.8) is 0 Å². The van der Waals surface area contributed by atoms with Gasteiger partial charge >= 0.3 is 0 Å². The van der Waals surface area contributed by atoms with E-state index >= 15 is 0 Å². The van der Waals surface area contributed by atoms with Gasteiger partial charge in [0.1, 0.15) is 0 Å². The highest BCUT2D eigenvalue weighted by Gasteiger charge is 2.60. The first kappa shape index (κ1) is 15.9. The van der Waals surface area contributed by atoms with Gasteiger partial charge in [0.15, 0.2) is 0 Å². The van der Waals surface area contributed by atoms with Crippen molar-refractivity contribution in [3.05, 3.63) is 23.8 Å². The second-order valence-corrected chi connectivity index (χ2v) is 9.05. The summed E-state index contributed by atoms with van der Waals surface area (Å²) in [6, 6.07) is 0. The SMILES string of the molecule is C[C@]12CC(O)[C@H]3[C@@H](CCC4=CCC=C[C@@]43C)[C@@H]1CC[C@@H]2CCO. The number of aliphatic hydroxyl groups excluding tert-OH is 2. The van der Waals surface area contributed by atoms with E-state index in [0.717, 1.165) is 25.2 Å². The Morgan fingerprint density at radius 1 is 1.22 bits per heavy atom. The summed E-state index contributed by atoms with van der Waals surface area (Å²) >= 11 is 0. The number of rotatable bonds is 2. The molecule has 128 valence electrons. The van der Waals surface area contributed by atoms with Crippen LogP contribution in [0.4, 0.5) is 0 Å². The predicted molar refractivity (Wildman–Crippen MR) is 92.8 cm³/mol. The average molecular weight is 316 g/mol. The number of aliphatic hydroxyl groups is 2. The Hall–Kier alpha value is -0.600. The largest absolute Gasteiger partial charge is 0.396 e. The maximum absolute atomic E-state index is 11.2. The Morgan fingerprint density at radius 3 is 2.83 bits per heavy atom. The first-order valence-corrected chi connectivity index (χ1v) is 9.67. The van der Waals surface area contributed by atoms with Gasteiger partial charge in [-0.25, -0.2) is 0 Å². The Balaban J connectivity index is 1.69. The van der Waals surface area contributed by atoms with Crippen LogP contribution >= 0.6 is 0 Å². The molecular formula is C21H32O2. The maximum atomic E-state index is 11.2. The number of hydrogen-bond acceptors (Lipinski definition) is 2. The molecule has 1 unspecified atom stereocenters. The van der Waals surface area contributed by atoms with Crippen molar-refractivity contribution in [3.8, 4) is 0 Å². The molecule has 4 aliphatic carbocycles. The van der Waals surface area contributed by atoms with Crippen LogP contribution in [0, 0.1) is 34.5 Å². The fourth-order valence-corrected chi connectivity index (χ4v) is 7.20. The quantitative estimate of drug-likeness (QED) is 0.754. The molecule has 4 rings (SSSR count). The van der Waals surface area contributed by atoms with Crippen LogP contribution in [0.15, 0.2) is 23.8 Å². The zero-order valence-corrected chi connectivity index (χ0v) is 14.7. The summed E-state index contributed by atoms with van der Waals surface area (Å²) in [5.74, 6) is 2.38. The summed E-state index contributed by atoms with van der Waals surface area (Å²) in [6.45, 7) is 5.08. The molecule has 0 aromatic rings. The molecule has 0 heterocycles. The molecule has 0 aromatic carbocycles. The van der Waals surface area contributed by atoms with Gasteiger partial charge in [-0.2, -0.15) is 0 Å². The minimum atomic E-state index is -0.197. The van der Waals surface area contributed by atoms with E-state index in [1.54, 1.807) is 5.57 Å². The second kappa shape index (κ2) is 5.46. The standard InChI is InChI=1S/C21H32O2/c1-20-11-4-3-5-14(20)6-8-16-17-9-7-15(10-12-22)21(17,2)13-18(23)19(16)20/h4-5,11,15-19,22-23H,3,6-10,12-13H2,1-2H3/t15-,16+,17+,18?,19-,20+,21-/m1/s1. The van der Waals surface area contributed by atoms with Crippen molar-refractivity contribution in [1.29, 1.82) is 0 Å². The second-order valence-electron chi connectivity index (χ2n) is 9.05. The Kier molecular flexibility index (Phi) is 3.77. The summed E-state index contributed by atoms with van der Waals surface area (Å²) in [5, 5.41) is 20.6. The summed E-state index contributed by atoms with van der Waals surface area (Å²) in [4.78, 5) is 0. The molecular weight excluding hydrogens is 284 g/mol. The van der Waals surface area contributed by atoms with E-state index < -0.39 is 0 Å². The lowest BCUT2D eigenvalue weighted by molar-refractivity contribution is -0.116. The van der Waals surface area contributed by atoms with Gasteiger partial charge in [-0.05, 0) is 68.1 Å². The molecule has 0 amide bonds. The molecule has 4 aliphatic rings. The van der Waals surface area contributed by atoms with E-state index in [1.165, 1.54) is 25.7 Å². The van der Waals surface area contributed by atoms with Crippen LogP contribution in [0.25, 0.3) is 0 Å². The molecule has 2 nitrogen and oxygen atoms in total. The van der Waals surface area contributed by atoms with E-state index in [4.69, 9.17) is 0 Å². The highest BCUT2D eigenvalue weighted by molar-refractivity contribution is 5.32. The van der Waals surface area contributed by atoms with Crippen LogP contribution in [0.2, 0.25) is 0 Å². The molecule has 2 N–H and O–H groups in total. The molecule has 2 heteroatoms. The van der Waals surface area contributed by atoms with Gasteiger partial charge in [-0.1, -0.05) is 37.6 Å². The molecule has 3 fully saturated rings. The van der Waals surface area contributed by atoms with Crippen molar-refractivity contribution >= 4 is 0 Å². The Morgan fingerprint density at radius 2 is 2.04 bits per heavy atom. The minimum absolute atomic E-state index is 0.0803. The van der Waals surface area contributed by atoms with E-state index in [1.807, 2.05) is 0 Å². The van der Waals surface area contributed by atoms with Crippen molar-refractivity contribution in [1.82, 2.24) is 0 Å². The maximum Gasteiger partial charge on any atom is 0.0587 e. The lowest BCUT2D eigenvalue weighted by Gasteiger charge is -2.59. The van der Waals surface area contributed by atoms with E-state index in [9.17, 15) is 10.2 Å². The summed E-state index contributed by atoms with van der Waals surface area (Å²) < 4.78 is 0. The van der Waals surface area contributed by atoms with Crippen molar-refractivity contribution in [2.45, 2.75) is 64.9 Å². The van der Waals surface area contributed by atoms with E-state index in [-0.39, 0.29) is 16.9 Å². The van der Waals surface area contributed by atoms with Crippen molar-refractivity contribution in [2.75, 3.05) is 6.61 Å². The summed E-state index contributed by atoms with van der Waals surface area (Å²) in [6.07, 6.45) is 14.9. The van der Waals surface area contributed by atoms with Gasteiger partial charge in [0, 0.05) is 17.9 Å².